The minimum absolute atomic E-state index is 0.0508. The molecule has 24 heavy (non-hydrogen) atoms. The Morgan fingerprint density at radius 3 is 2.58 bits per heavy atom. The predicted octanol–water partition coefficient (Wildman–Crippen LogP) is 4.94. The topological polar surface area (TPSA) is 65.8 Å². The van der Waals surface area contributed by atoms with E-state index < -0.39 is 0 Å². The van der Waals surface area contributed by atoms with Crippen molar-refractivity contribution < 1.29 is 4.79 Å². The molecule has 0 fully saturated rings. The van der Waals surface area contributed by atoms with Gasteiger partial charge < -0.3 is 5.32 Å². The van der Waals surface area contributed by atoms with E-state index >= 15 is 0 Å². The lowest BCUT2D eigenvalue weighted by Gasteiger charge is -2.09. The first-order valence-electron chi connectivity index (χ1n) is 7.43. The van der Waals surface area contributed by atoms with E-state index in [9.17, 15) is 4.79 Å². The van der Waals surface area contributed by atoms with Gasteiger partial charge in [-0.3, -0.25) is 4.79 Å². The molecule has 0 radical (unpaired) electrons. The molecule has 118 valence electrons. The Bertz CT molecular complexity index is 936. The first-order valence-corrected chi connectivity index (χ1v) is 8.20. The molecule has 0 saturated carbocycles. The summed E-state index contributed by atoms with van der Waals surface area (Å²) >= 11 is 1.32. The molecule has 0 aliphatic carbocycles. The lowest BCUT2D eigenvalue weighted by molar-refractivity contribution is 0.101. The summed E-state index contributed by atoms with van der Waals surface area (Å²) in [6.07, 6.45) is 0. The van der Waals surface area contributed by atoms with E-state index in [1.807, 2.05) is 43.3 Å². The second-order valence-corrected chi connectivity index (χ2v) is 6.39. The zero-order valence-electron chi connectivity index (χ0n) is 13.3. The van der Waals surface area contributed by atoms with Crippen LogP contribution >= 0.6 is 11.5 Å². The van der Waals surface area contributed by atoms with Crippen molar-refractivity contribution in [3.05, 3.63) is 64.7 Å². The van der Waals surface area contributed by atoms with Crippen LogP contribution < -0.4 is 5.32 Å². The molecule has 3 aromatic rings. The summed E-state index contributed by atoms with van der Waals surface area (Å²) in [6.45, 7) is 3.46. The van der Waals surface area contributed by atoms with Gasteiger partial charge in [0, 0.05) is 17.5 Å². The predicted molar refractivity (Wildman–Crippen MR) is 96.7 cm³/mol. The first kappa shape index (κ1) is 15.9. The van der Waals surface area contributed by atoms with Gasteiger partial charge in [0.2, 0.25) is 0 Å². The fraction of sp³-hybridized carbons (Fsp3) is 0.105. The molecule has 3 rings (SSSR count). The van der Waals surface area contributed by atoms with Crippen LogP contribution in [0.15, 0.2) is 48.5 Å². The van der Waals surface area contributed by atoms with Gasteiger partial charge >= 0.3 is 0 Å². The molecule has 0 amide bonds. The van der Waals surface area contributed by atoms with E-state index in [2.05, 4.69) is 15.8 Å². The summed E-state index contributed by atoms with van der Waals surface area (Å²) in [5.41, 5.74) is 4.84. The smallest absolute Gasteiger partial charge is 0.181 e. The van der Waals surface area contributed by atoms with E-state index in [4.69, 9.17) is 5.26 Å². The summed E-state index contributed by atoms with van der Waals surface area (Å²) in [5.74, 6) is -0.0508. The van der Waals surface area contributed by atoms with Crippen LogP contribution in [0.1, 0.15) is 27.9 Å². The number of rotatable bonds is 4. The quantitative estimate of drug-likeness (QED) is 0.687. The Balaban J connectivity index is 1.92. The number of hydrogen-bond donors (Lipinski definition) is 1. The van der Waals surface area contributed by atoms with Gasteiger partial charge in [-0.1, -0.05) is 24.3 Å². The Hall–Kier alpha value is -2.97. The van der Waals surface area contributed by atoms with Crippen molar-refractivity contribution >= 4 is 28.7 Å². The zero-order chi connectivity index (χ0) is 17.1. The molecular formula is C19H15N3OS. The van der Waals surface area contributed by atoms with Crippen molar-refractivity contribution in [2.75, 3.05) is 5.32 Å². The summed E-state index contributed by atoms with van der Waals surface area (Å²) in [4.78, 5) is 12.7. The molecule has 0 bridgehead atoms. The van der Waals surface area contributed by atoms with E-state index in [-0.39, 0.29) is 5.78 Å². The van der Waals surface area contributed by atoms with Crippen molar-refractivity contribution in [2.45, 2.75) is 13.8 Å². The molecule has 2 aromatic carbocycles. The van der Waals surface area contributed by atoms with Gasteiger partial charge in [0.15, 0.2) is 5.78 Å². The van der Waals surface area contributed by atoms with Crippen LogP contribution in [0.3, 0.4) is 0 Å². The molecule has 4 nitrogen and oxygen atoms in total. The van der Waals surface area contributed by atoms with Gasteiger partial charge in [0.25, 0.3) is 0 Å². The highest BCUT2D eigenvalue weighted by molar-refractivity contribution is 7.06. The Labute approximate surface area is 144 Å². The lowest BCUT2D eigenvalue weighted by atomic mass is 10.0. The molecular weight excluding hydrogens is 318 g/mol. The Kier molecular flexibility index (Phi) is 4.41. The van der Waals surface area contributed by atoms with Crippen molar-refractivity contribution in [2.24, 2.45) is 0 Å². The number of benzene rings is 2. The summed E-state index contributed by atoms with van der Waals surface area (Å²) in [5, 5.41) is 12.2. The SMILES string of the molecule is CC(=O)c1nsc(C)c1Nc1cccc(-c2ccc(C#N)cc2)c1. The molecule has 0 aliphatic heterocycles. The van der Waals surface area contributed by atoms with Crippen LogP contribution in [0.2, 0.25) is 0 Å². The van der Waals surface area contributed by atoms with E-state index in [0.717, 1.165) is 27.4 Å². The number of ketones is 1. The minimum Gasteiger partial charge on any atom is -0.353 e. The molecule has 0 aliphatic rings. The number of nitrogens with one attached hydrogen (secondary N) is 1. The van der Waals surface area contributed by atoms with Crippen molar-refractivity contribution in [1.29, 1.82) is 5.26 Å². The second-order valence-electron chi connectivity index (χ2n) is 5.41. The maximum Gasteiger partial charge on any atom is 0.181 e. The zero-order valence-corrected chi connectivity index (χ0v) is 14.1. The number of anilines is 2. The Morgan fingerprint density at radius 1 is 1.17 bits per heavy atom. The van der Waals surface area contributed by atoms with Crippen LogP contribution in [-0.4, -0.2) is 10.2 Å². The van der Waals surface area contributed by atoms with E-state index in [1.165, 1.54) is 18.5 Å². The molecule has 1 aromatic heterocycles. The van der Waals surface area contributed by atoms with Crippen molar-refractivity contribution in [1.82, 2.24) is 4.37 Å². The number of nitriles is 1. The maximum absolute atomic E-state index is 11.7. The molecule has 0 unspecified atom stereocenters. The fourth-order valence-corrected chi connectivity index (χ4v) is 3.10. The molecule has 0 spiro atoms. The van der Waals surface area contributed by atoms with Crippen molar-refractivity contribution in [3.8, 4) is 17.2 Å². The van der Waals surface area contributed by atoms with Crippen LogP contribution in [0.5, 0.6) is 0 Å². The summed E-state index contributed by atoms with van der Waals surface area (Å²) in [7, 11) is 0. The molecule has 1 N–H and O–H groups in total. The third-order valence-corrected chi connectivity index (χ3v) is 4.43. The van der Waals surface area contributed by atoms with Gasteiger partial charge in [-0.25, -0.2) is 0 Å². The van der Waals surface area contributed by atoms with Crippen LogP contribution in [0.4, 0.5) is 11.4 Å². The van der Waals surface area contributed by atoms with Crippen LogP contribution in [0.25, 0.3) is 11.1 Å². The average Bonchev–Trinajstić information content (AvgIpc) is 2.96. The highest BCUT2D eigenvalue weighted by Gasteiger charge is 2.14. The van der Waals surface area contributed by atoms with Gasteiger partial charge in [-0.2, -0.15) is 9.64 Å². The number of aryl methyl sites for hydroxylation is 1. The van der Waals surface area contributed by atoms with Gasteiger partial charge in [0.05, 0.1) is 17.3 Å². The highest BCUT2D eigenvalue weighted by atomic mass is 32.1. The number of Topliss-reactive ketones (excluding diaryl/α,β-unsaturated/α-hetero) is 1. The lowest BCUT2D eigenvalue weighted by Crippen LogP contribution is -1.99. The number of aromatic nitrogens is 1. The Morgan fingerprint density at radius 2 is 1.92 bits per heavy atom. The molecule has 5 heteroatoms. The summed E-state index contributed by atoms with van der Waals surface area (Å²) in [6, 6.07) is 17.5. The normalized spacial score (nSPS) is 10.2. The van der Waals surface area contributed by atoms with E-state index in [0.29, 0.717) is 11.3 Å². The first-order chi connectivity index (χ1) is 11.6. The molecule has 0 atom stereocenters. The van der Waals surface area contributed by atoms with Gasteiger partial charge in [-0.15, -0.1) is 0 Å². The van der Waals surface area contributed by atoms with E-state index in [1.54, 1.807) is 12.1 Å². The summed E-state index contributed by atoms with van der Waals surface area (Å²) < 4.78 is 4.21. The number of hydrogen-bond acceptors (Lipinski definition) is 5. The van der Waals surface area contributed by atoms with Gasteiger partial charge in [-0.05, 0) is 53.8 Å². The molecule has 0 saturated heterocycles. The maximum atomic E-state index is 11.7. The van der Waals surface area contributed by atoms with Crippen LogP contribution in [0, 0.1) is 18.3 Å². The van der Waals surface area contributed by atoms with Gasteiger partial charge in [0.1, 0.15) is 5.69 Å². The molecule has 1 heterocycles. The monoisotopic (exact) mass is 333 g/mol. The highest BCUT2D eigenvalue weighted by Crippen LogP contribution is 2.30. The number of carbonyl (C=O) groups is 1. The second kappa shape index (κ2) is 6.65. The fourth-order valence-electron chi connectivity index (χ4n) is 2.42. The third-order valence-electron chi connectivity index (χ3n) is 3.68. The average molecular weight is 333 g/mol. The van der Waals surface area contributed by atoms with Crippen LogP contribution in [-0.2, 0) is 0 Å². The third kappa shape index (κ3) is 3.19. The standard InChI is InChI=1S/C19H15N3OS/c1-12(23)18-19(13(2)24-22-18)21-17-5-3-4-16(10-17)15-8-6-14(11-20)7-9-15/h3-10,21H,1-2H3. The largest absolute Gasteiger partial charge is 0.353 e. The number of nitrogens with zero attached hydrogens (tertiary/aromatic N) is 2. The number of carbonyl (C=O) groups excluding carboxylic acids is 1. The van der Waals surface area contributed by atoms with Crippen molar-refractivity contribution in [3.63, 3.8) is 0 Å². The minimum atomic E-state index is -0.0508.